The number of hydrogen-bond acceptors (Lipinski definition) is 3. The van der Waals surface area contributed by atoms with E-state index in [1.807, 2.05) is 72.2 Å². The second-order valence-electron chi connectivity index (χ2n) is 6.76. The lowest BCUT2D eigenvalue weighted by Gasteiger charge is -2.08. The predicted octanol–water partition coefficient (Wildman–Crippen LogP) is 5.05. The van der Waals surface area contributed by atoms with E-state index in [9.17, 15) is 4.79 Å². The average molecular weight is 368 g/mol. The SMILES string of the molecule is C=C(C)c1cccc(-c2cnc3ccc(-c4cccc(NC(C)=O)c4)nn23)c1. The molecule has 0 saturated carbocycles. The third-order valence-corrected chi connectivity index (χ3v) is 4.49. The van der Waals surface area contributed by atoms with Gasteiger partial charge in [-0.25, -0.2) is 9.50 Å². The number of imidazole rings is 1. The van der Waals surface area contributed by atoms with Gasteiger partial charge in [0.15, 0.2) is 5.65 Å². The predicted molar refractivity (Wildman–Crippen MR) is 113 cm³/mol. The van der Waals surface area contributed by atoms with Crippen LogP contribution in [-0.4, -0.2) is 20.5 Å². The van der Waals surface area contributed by atoms with Gasteiger partial charge in [0, 0.05) is 23.7 Å². The van der Waals surface area contributed by atoms with Gasteiger partial charge in [-0.05, 0) is 42.8 Å². The number of hydrogen-bond donors (Lipinski definition) is 1. The highest BCUT2D eigenvalue weighted by Crippen LogP contribution is 2.26. The first-order chi connectivity index (χ1) is 13.5. The molecule has 4 rings (SSSR count). The molecule has 5 nitrogen and oxygen atoms in total. The van der Waals surface area contributed by atoms with Gasteiger partial charge in [-0.1, -0.05) is 42.5 Å². The molecule has 5 heteroatoms. The van der Waals surface area contributed by atoms with Crippen LogP contribution >= 0.6 is 0 Å². The molecule has 0 atom stereocenters. The third-order valence-electron chi connectivity index (χ3n) is 4.49. The maximum atomic E-state index is 11.3. The fourth-order valence-corrected chi connectivity index (χ4v) is 3.13. The summed E-state index contributed by atoms with van der Waals surface area (Å²) in [4.78, 5) is 15.8. The molecule has 2 aromatic carbocycles. The Balaban J connectivity index is 1.80. The van der Waals surface area contributed by atoms with E-state index in [-0.39, 0.29) is 5.91 Å². The van der Waals surface area contributed by atoms with Crippen LogP contribution in [0.2, 0.25) is 0 Å². The van der Waals surface area contributed by atoms with Crippen molar-refractivity contribution < 1.29 is 4.79 Å². The zero-order valence-electron chi connectivity index (χ0n) is 15.8. The standard InChI is InChI=1S/C23H20N4O/c1-15(2)17-6-4-8-19(12-17)22-14-24-23-11-10-21(26-27(22)23)18-7-5-9-20(13-18)25-16(3)28/h4-14H,1H2,2-3H3,(H,25,28). The van der Waals surface area contributed by atoms with E-state index in [2.05, 4.69) is 22.9 Å². The lowest BCUT2D eigenvalue weighted by atomic mass is 10.0. The number of benzene rings is 2. The van der Waals surface area contributed by atoms with Crippen LogP contribution in [-0.2, 0) is 4.79 Å². The molecule has 4 aromatic rings. The molecule has 0 unspecified atom stereocenters. The molecule has 0 aliphatic rings. The van der Waals surface area contributed by atoms with Gasteiger partial charge in [0.25, 0.3) is 0 Å². The summed E-state index contributed by atoms with van der Waals surface area (Å²) in [7, 11) is 0. The highest BCUT2D eigenvalue weighted by Gasteiger charge is 2.10. The Morgan fingerprint density at radius 1 is 1.00 bits per heavy atom. The van der Waals surface area contributed by atoms with E-state index in [0.29, 0.717) is 0 Å². The number of nitrogens with zero attached hydrogens (tertiary/aromatic N) is 3. The Labute approximate surface area is 163 Å². The number of carbonyl (C=O) groups is 1. The van der Waals surface area contributed by atoms with Gasteiger partial charge in [0.05, 0.1) is 17.6 Å². The van der Waals surface area contributed by atoms with Gasteiger partial charge < -0.3 is 5.32 Å². The van der Waals surface area contributed by atoms with Crippen molar-refractivity contribution in [3.63, 3.8) is 0 Å². The van der Waals surface area contributed by atoms with Gasteiger partial charge in [-0.3, -0.25) is 4.79 Å². The first-order valence-electron chi connectivity index (χ1n) is 9.00. The summed E-state index contributed by atoms with van der Waals surface area (Å²) in [6.45, 7) is 7.51. The van der Waals surface area contributed by atoms with Gasteiger partial charge >= 0.3 is 0 Å². The molecule has 1 amide bonds. The highest BCUT2D eigenvalue weighted by molar-refractivity contribution is 5.89. The molecule has 0 fully saturated rings. The van der Waals surface area contributed by atoms with Crippen LogP contribution in [0.15, 0.2) is 73.4 Å². The first kappa shape index (κ1) is 17.7. The summed E-state index contributed by atoms with van der Waals surface area (Å²) in [6, 6.07) is 19.7. The quantitative estimate of drug-likeness (QED) is 0.548. The number of aromatic nitrogens is 3. The second kappa shape index (κ2) is 7.12. The molecule has 0 spiro atoms. The zero-order valence-corrected chi connectivity index (χ0v) is 15.8. The van der Waals surface area contributed by atoms with Crippen molar-refractivity contribution in [1.82, 2.24) is 14.6 Å². The smallest absolute Gasteiger partial charge is 0.221 e. The van der Waals surface area contributed by atoms with E-state index < -0.39 is 0 Å². The van der Waals surface area contributed by atoms with Crippen molar-refractivity contribution in [3.8, 4) is 22.5 Å². The van der Waals surface area contributed by atoms with E-state index in [0.717, 1.165) is 45.0 Å². The molecule has 2 heterocycles. The monoisotopic (exact) mass is 368 g/mol. The molecule has 1 N–H and O–H groups in total. The molecule has 0 aliphatic heterocycles. The molecular weight excluding hydrogens is 348 g/mol. The number of carbonyl (C=O) groups excluding carboxylic acids is 1. The fourth-order valence-electron chi connectivity index (χ4n) is 3.13. The number of rotatable bonds is 4. The summed E-state index contributed by atoms with van der Waals surface area (Å²) in [5.41, 5.74) is 7.29. The van der Waals surface area contributed by atoms with Crippen LogP contribution in [0.3, 0.4) is 0 Å². The normalized spacial score (nSPS) is 10.8. The lowest BCUT2D eigenvalue weighted by molar-refractivity contribution is -0.114. The van der Waals surface area contributed by atoms with E-state index >= 15 is 0 Å². The Morgan fingerprint density at radius 2 is 1.79 bits per heavy atom. The molecule has 0 bridgehead atoms. The van der Waals surface area contributed by atoms with Crippen molar-refractivity contribution in [2.75, 3.05) is 5.32 Å². The fraction of sp³-hybridized carbons (Fsp3) is 0.0870. The maximum Gasteiger partial charge on any atom is 0.221 e. The van der Waals surface area contributed by atoms with Gasteiger partial charge in [0.1, 0.15) is 0 Å². The first-order valence-corrected chi connectivity index (χ1v) is 9.00. The largest absolute Gasteiger partial charge is 0.326 e. The topological polar surface area (TPSA) is 59.3 Å². The minimum absolute atomic E-state index is 0.102. The Kier molecular flexibility index (Phi) is 4.49. The number of allylic oxidation sites excluding steroid dienone is 1. The van der Waals surface area contributed by atoms with Crippen LogP contribution in [0, 0.1) is 0 Å². The summed E-state index contributed by atoms with van der Waals surface area (Å²) in [6.07, 6.45) is 1.83. The Bertz CT molecular complexity index is 1210. The highest BCUT2D eigenvalue weighted by atomic mass is 16.1. The van der Waals surface area contributed by atoms with E-state index in [1.54, 1.807) is 0 Å². The minimum atomic E-state index is -0.102. The summed E-state index contributed by atoms with van der Waals surface area (Å²) < 4.78 is 1.85. The summed E-state index contributed by atoms with van der Waals surface area (Å²) in [5.74, 6) is -0.102. The molecular formula is C23H20N4O. The van der Waals surface area contributed by atoms with Gasteiger partial charge in [-0.15, -0.1) is 0 Å². The number of nitrogens with one attached hydrogen (secondary N) is 1. The van der Waals surface area contributed by atoms with Crippen LogP contribution < -0.4 is 5.32 Å². The van der Waals surface area contributed by atoms with Crippen LogP contribution in [0.1, 0.15) is 19.4 Å². The van der Waals surface area contributed by atoms with Gasteiger partial charge in [0.2, 0.25) is 5.91 Å². The zero-order chi connectivity index (χ0) is 19.7. The Morgan fingerprint density at radius 3 is 2.57 bits per heavy atom. The van der Waals surface area contributed by atoms with Crippen LogP contribution in [0.4, 0.5) is 5.69 Å². The van der Waals surface area contributed by atoms with Crippen molar-refractivity contribution in [2.45, 2.75) is 13.8 Å². The maximum absolute atomic E-state index is 11.3. The van der Waals surface area contributed by atoms with Crippen molar-refractivity contribution >= 4 is 22.8 Å². The van der Waals surface area contributed by atoms with Crippen molar-refractivity contribution in [1.29, 1.82) is 0 Å². The van der Waals surface area contributed by atoms with E-state index in [4.69, 9.17) is 5.10 Å². The van der Waals surface area contributed by atoms with Crippen LogP contribution in [0.25, 0.3) is 33.7 Å². The molecule has 138 valence electrons. The molecule has 0 radical (unpaired) electrons. The van der Waals surface area contributed by atoms with Crippen molar-refractivity contribution in [3.05, 3.63) is 79.0 Å². The average Bonchev–Trinajstić information content (AvgIpc) is 3.11. The van der Waals surface area contributed by atoms with E-state index in [1.165, 1.54) is 6.92 Å². The lowest BCUT2D eigenvalue weighted by Crippen LogP contribution is -2.05. The summed E-state index contributed by atoms with van der Waals surface area (Å²) >= 11 is 0. The van der Waals surface area contributed by atoms with Gasteiger partial charge in [-0.2, -0.15) is 5.10 Å². The molecule has 2 aromatic heterocycles. The Hall–Kier alpha value is -3.73. The van der Waals surface area contributed by atoms with Crippen molar-refractivity contribution in [2.24, 2.45) is 0 Å². The third kappa shape index (κ3) is 3.42. The second-order valence-corrected chi connectivity index (χ2v) is 6.76. The number of fused-ring (bicyclic) bond motifs is 1. The number of amides is 1. The molecule has 0 aliphatic carbocycles. The molecule has 28 heavy (non-hydrogen) atoms. The minimum Gasteiger partial charge on any atom is -0.326 e. The molecule has 0 saturated heterocycles. The number of anilines is 1. The van der Waals surface area contributed by atoms with Crippen LogP contribution in [0.5, 0.6) is 0 Å². The summed E-state index contributed by atoms with van der Waals surface area (Å²) in [5, 5.41) is 7.60.